The molecule has 3 aromatic rings. The van der Waals surface area contributed by atoms with Crippen LogP contribution in [0.4, 0.5) is 20.2 Å². The molecule has 0 aliphatic carbocycles. The number of hydrogen-bond acceptors (Lipinski definition) is 3. The summed E-state index contributed by atoms with van der Waals surface area (Å²) < 4.78 is 26.8. The summed E-state index contributed by atoms with van der Waals surface area (Å²) in [6.45, 7) is 1.85. The van der Waals surface area contributed by atoms with Crippen LogP contribution in [-0.4, -0.2) is 10.9 Å². The summed E-state index contributed by atoms with van der Waals surface area (Å²) in [6.07, 6.45) is 5.83. The van der Waals surface area contributed by atoms with Crippen molar-refractivity contribution in [3.8, 4) is 0 Å². The highest BCUT2D eigenvalue weighted by atomic mass is 19.1. The number of rotatable bonds is 6. The minimum absolute atomic E-state index is 0.0198. The Bertz CT molecular complexity index is 990. The van der Waals surface area contributed by atoms with E-state index in [-0.39, 0.29) is 11.6 Å². The number of hydrogen-bond donors (Lipinski definition) is 2. The molecule has 0 spiro atoms. The van der Waals surface area contributed by atoms with Crippen LogP contribution in [0.3, 0.4) is 0 Å². The number of pyridine rings is 1. The number of amides is 1. The molecule has 0 saturated carbocycles. The number of halogens is 2. The van der Waals surface area contributed by atoms with Crippen LogP contribution >= 0.6 is 0 Å². The first-order chi connectivity index (χ1) is 13.5. The average Bonchev–Trinajstić information content (AvgIpc) is 2.69. The first-order valence-electron chi connectivity index (χ1n) is 8.72. The van der Waals surface area contributed by atoms with Crippen molar-refractivity contribution in [1.82, 2.24) is 10.3 Å². The number of carbonyl (C=O) groups is 1. The molecule has 1 amide bonds. The SMILES string of the molecule is C[C@H](NC(=O)C=Cc1cc(F)ccc1F)c1cccc(Nc2ccncc2)c1. The van der Waals surface area contributed by atoms with Crippen molar-refractivity contribution in [2.75, 3.05) is 5.32 Å². The molecule has 0 aliphatic rings. The number of anilines is 2. The summed E-state index contributed by atoms with van der Waals surface area (Å²) in [6, 6.07) is 14.2. The summed E-state index contributed by atoms with van der Waals surface area (Å²) in [5.74, 6) is -1.55. The van der Waals surface area contributed by atoms with E-state index >= 15 is 0 Å². The Kier molecular flexibility index (Phi) is 6.11. The molecule has 0 unspecified atom stereocenters. The van der Waals surface area contributed by atoms with Crippen LogP contribution in [-0.2, 0) is 4.79 Å². The molecule has 2 N–H and O–H groups in total. The average molecular weight is 379 g/mol. The molecular weight excluding hydrogens is 360 g/mol. The van der Waals surface area contributed by atoms with E-state index in [1.165, 1.54) is 12.2 Å². The number of aromatic nitrogens is 1. The maximum Gasteiger partial charge on any atom is 0.244 e. The summed E-state index contributed by atoms with van der Waals surface area (Å²) in [5.41, 5.74) is 2.70. The summed E-state index contributed by atoms with van der Waals surface area (Å²) in [5, 5.41) is 6.08. The minimum Gasteiger partial charge on any atom is -0.355 e. The van der Waals surface area contributed by atoms with Crippen LogP contribution in [0.25, 0.3) is 6.08 Å². The van der Waals surface area contributed by atoms with Crippen molar-refractivity contribution in [2.45, 2.75) is 13.0 Å². The van der Waals surface area contributed by atoms with Gasteiger partial charge in [0.05, 0.1) is 6.04 Å². The molecule has 0 bridgehead atoms. The Labute approximate surface area is 161 Å². The van der Waals surface area contributed by atoms with Gasteiger partial charge in [0.2, 0.25) is 5.91 Å². The monoisotopic (exact) mass is 379 g/mol. The Balaban J connectivity index is 1.64. The highest BCUT2D eigenvalue weighted by Gasteiger charge is 2.09. The summed E-state index contributed by atoms with van der Waals surface area (Å²) in [7, 11) is 0. The fourth-order valence-corrected chi connectivity index (χ4v) is 2.64. The number of nitrogens with zero attached hydrogens (tertiary/aromatic N) is 1. The van der Waals surface area contributed by atoms with Gasteiger partial charge in [-0.25, -0.2) is 8.78 Å². The van der Waals surface area contributed by atoms with Crippen LogP contribution in [0.5, 0.6) is 0 Å². The molecule has 4 nitrogen and oxygen atoms in total. The number of benzene rings is 2. The van der Waals surface area contributed by atoms with E-state index in [0.29, 0.717) is 0 Å². The van der Waals surface area contributed by atoms with Crippen LogP contribution in [0.2, 0.25) is 0 Å². The van der Waals surface area contributed by atoms with E-state index in [1.807, 2.05) is 43.3 Å². The topological polar surface area (TPSA) is 54.0 Å². The largest absolute Gasteiger partial charge is 0.355 e. The van der Waals surface area contributed by atoms with Gasteiger partial charge in [-0.3, -0.25) is 9.78 Å². The molecule has 0 fully saturated rings. The van der Waals surface area contributed by atoms with Gasteiger partial charge in [-0.15, -0.1) is 0 Å². The highest BCUT2D eigenvalue weighted by molar-refractivity contribution is 5.92. The number of nitrogens with one attached hydrogen (secondary N) is 2. The molecule has 1 heterocycles. The third-order valence-corrected chi connectivity index (χ3v) is 4.09. The van der Waals surface area contributed by atoms with E-state index in [9.17, 15) is 13.6 Å². The van der Waals surface area contributed by atoms with Crippen LogP contribution < -0.4 is 10.6 Å². The van der Waals surface area contributed by atoms with Crippen molar-refractivity contribution in [2.24, 2.45) is 0 Å². The Morgan fingerprint density at radius 3 is 2.61 bits per heavy atom. The smallest absolute Gasteiger partial charge is 0.244 e. The Hall–Kier alpha value is -3.54. The maximum atomic E-state index is 13.6. The van der Waals surface area contributed by atoms with Crippen LogP contribution in [0.1, 0.15) is 24.1 Å². The van der Waals surface area contributed by atoms with Crippen molar-refractivity contribution in [3.63, 3.8) is 0 Å². The molecule has 28 heavy (non-hydrogen) atoms. The zero-order chi connectivity index (χ0) is 19.9. The minimum atomic E-state index is -0.589. The van der Waals surface area contributed by atoms with Gasteiger partial charge >= 0.3 is 0 Å². The van der Waals surface area contributed by atoms with E-state index in [4.69, 9.17) is 0 Å². The van der Waals surface area contributed by atoms with E-state index < -0.39 is 17.5 Å². The highest BCUT2D eigenvalue weighted by Crippen LogP contribution is 2.21. The van der Waals surface area contributed by atoms with Crippen LogP contribution in [0, 0.1) is 11.6 Å². The second-order valence-corrected chi connectivity index (χ2v) is 6.22. The molecule has 142 valence electrons. The van der Waals surface area contributed by atoms with Gasteiger partial charge in [0.1, 0.15) is 11.6 Å². The second kappa shape index (κ2) is 8.90. The molecule has 0 saturated heterocycles. The predicted octanol–water partition coefficient (Wildman–Crippen LogP) is 4.99. The fourth-order valence-electron chi connectivity index (χ4n) is 2.64. The molecule has 0 aliphatic heterocycles. The third-order valence-electron chi connectivity index (χ3n) is 4.09. The van der Waals surface area contributed by atoms with Gasteiger partial charge in [0, 0.05) is 35.4 Å². The lowest BCUT2D eigenvalue weighted by Crippen LogP contribution is -2.24. The summed E-state index contributed by atoms with van der Waals surface area (Å²) in [4.78, 5) is 16.1. The third kappa shape index (κ3) is 5.23. The Morgan fingerprint density at radius 1 is 1.04 bits per heavy atom. The van der Waals surface area contributed by atoms with Crippen molar-refractivity contribution in [3.05, 3.63) is 95.8 Å². The lowest BCUT2D eigenvalue weighted by Gasteiger charge is -2.15. The molecule has 1 aromatic heterocycles. The standard InChI is InChI=1S/C22H19F2N3O/c1-15(26-22(28)8-5-17-13-18(23)6-7-21(17)24)16-3-2-4-20(14-16)27-19-9-11-25-12-10-19/h2-15H,1H3,(H,25,27)(H,26,28)/t15-/m0/s1. The van der Waals surface area contributed by atoms with E-state index in [1.54, 1.807) is 12.4 Å². The zero-order valence-corrected chi connectivity index (χ0v) is 15.2. The van der Waals surface area contributed by atoms with Gasteiger partial charge in [0.25, 0.3) is 0 Å². The quantitative estimate of drug-likeness (QED) is 0.593. The first kappa shape index (κ1) is 19.2. The molecule has 6 heteroatoms. The van der Waals surface area contributed by atoms with Gasteiger partial charge in [-0.1, -0.05) is 12.1 Å². The van der Waals surface area contributed by atoms with Gasteiger partial charge in [0.15, 0.2) is 0 Å². The molecule has 2 aromatic carbocycles. The predicted molar refractivity (Wildman–Crippen MR) is 106 cm³/mol. The lowest BCUT2D eigenvalue weighted by molar-refractivity contribution is -0.117. The Morgan fingerprint density at radius 2 is 1.82 bits per heavy atom. The summed E-state index contributed by atoms with van der Waals surface area (Å²) >= 11 is 0. The van der Waals surface area contributed by atoms with E-state index in [2.05, 4.69) is 15.6 Å². The van der Waals surface area contributed by atoms with Crippen molar-refractivity contribution in [1.29, 1.82) is 0 Å². The second-order valence-electron chi connectivity index (χ2n) is 6.22. The first-order valence-corrected chi connectivity index (χ1v) is 8.72. The van der Waals surface area contributed by atoms with Crippen LogP contribution in [0.15, 0.2) is 73.1 Å². The fraction of sp³-hybridized carbons (Fsp3) is 0.0909. The molecule has 1 atom stereocenters. The van der Waals surface area contributed by atoms with Crippen molar-refractivity contribution >= 4 is 23.4 Å². The molecular formula is C22H19F2N3O. The molecule has 3 rings (SSSR count). The zero-order valence-electron chi connectivity index (χ0n) is 15.2. The van der Waals surface area contributed by atoms with Crippen molar-refractivity contribution < 1.29 is 13.6 Å². The van der Waals surface area contributed by atoms with Gasteiger partial charge < -0.3 is 10.6 Å². The van der Waals surface area contributed by atoms with Gasteiger partial charge in [-0.05, 0) is 61.0 Å². The number of carbonyl (C=O) groups excluding carboxylic acids is 1. The lowest BCUT2D eigenvalue weighted by atomic mass is 10.1. The maximum absolute atomic E-state index is 13.6. The van der Waals surface area contributed by atoms with E-state index in [0.717, 1.165) is 35.1 Å². The van der Waals surface area contributed by atoms with Gasteiger partial charge in [-0.2, -0.15) is 0 Å². The molecule has 0 radical (unpaired) electrons. The normalized spacial score (nSPS) is 12.0.